The van der Waals surface area contributed by atoms with Gasteiger partial charge in [-0.2, -0.15) is 0 Å². The molecule has 1 saturated heterocycles. The number of benzene rings is 2. The predicted octanol–water partition coefficient (Wildman–Crippen LogP) is 4.79. The summed E-state index contributed by atoms with van der Waals surface area (Å²) in [5, 5.41) is 7.85. The molecule has 1 fully saturated rings. The monoisotopic (exact) mass is 490 g/mol. The van der Waals surface area contributed by atoms with Crippen molar-refractivity contribution in [2.24, 2.45) is 0 Å². The first kappa shape index (κ1) is 24.2. The topological polar surface area (TPSA) is 116 Å². The molecule has 3 aromatic rings. The maximum absolute atomic E-state index is 13.2. The Morgan fingerprint density at radius 3 is 2.58 bits per heavy atom. The number of urea groups is 3. The Labute approximate surface area is 206 Å². The van der Waals surface area contributed by atoms with Gasteiger partial charge in [0.2, 0.25) is 0 Å². The second-order valence-electron chi connectivity index (χ2n) is 7.63. The van der Waals surface area contributed by atoms with Crippen molar-refractivity contribution in [3.05, 3.63) is 85.3 Å². The highest BCUT2D eigenvalue weighted by Crippen LogP contribution is 2.26. The Hall–Kier alpha value is -4.93. The molecule has 1 aliphatic heterocycles. The largest absolute Gasteiger partial charge is 0.456 e. The summed E-state index contributed by atoms with van der Waals surface area (Å²) in [6.07, 6.45) is 3.01. The number of carbonyl (C=O) groups is 3. The number of hydrogen-bond donors (Lipinski definition) is 3. The number of carbonyl (C=O) groups excluding carboxylic acids is 3. The van der Waals surface area contributed by atoms with Gasteiger partial charge in [-0.25, -0.2) is 28.7 Å². The van der Waals surface area contributed by atoms with Gasteiger partial charge in [-0.15, -0.1) is 6.58 Å². The van der Waals surface area contributed by atoms with Crippen LogP contribution in [0.3, 0.4) is 0 Å². The van der Waals surface area contributed by atoms with Gasteiger partial charge >= 0.3 is 18.1 Å². The second kappa shape index (κ2) is 11.0. The Morgan fingerprint density at radius 1 is 1.06 bits per heavy atom. The minimum atomic E-state index is -0.589. The third kappa shape index (κ3) is 5.95. The summed E-state index contributed by atoms with van der Waals surface area (Å²) >= 11 is 0. The number of amides is 6. The second-order valence-corrected chi connectivity index (χ2v) is 7.63. The van der Waals surface area contributed by atoms with E-state index in [0.717, 1.165) is 4.90 Å². The first-order chi connectivity index (χ1) is 17.4. The van der Waals surface area contributed by atoms with Gasteiger partial charge in [-0.1, -0.05) is 12.1 Å². The van der Waals surface area contributed by atoms with Crippen molar-refractivity contribution < 1.29 is 23.5 Å². The smallest absolute Gasteiger partial charge is 0.332 e. The zero-order chi connectivity index (χ0) is 25.5. The molecule has 0 bridgehead atoms. The quantitative estimate of drug-likeness (QED) is 0.412. The summed E-state index contributed by atoms with van der Waals surface area (Å²) in [4.78, 5) is 43.7. The molecule has 0 atom stereocenters. The molecule has 184 valence electrons. The van der Waals surface area contributed by atoms with E-state index in [4.69, 9.17) is 4.74 Å². The van der Waals surface area contributed by atoms with Crippen LogP contribution < -0.4 is 25.6 Å². The molecule has 0 unspecified atom stereocenters. The Bertz CT molecular complexity index is 1270. The van der Waals surface area contributed by atoms with Crippen LogP contribution in [0.2, 0.25) is 0 Å². The highest BCUT2D eigenvalue weighted by Gasteiger charge is 2.34. The number of ether oxygens (including phenoxy) is 1. The van der Waals surface area contributed by atoms with E-state index in [0.29, 0.717) is 41.8 Å². The standard InChI is InChI=1S/C25H23FN6O4/c1-2-12-27-23(33)30-22-11-10-21(16-28-22)36-20-5-3-4-18(15-20)29-24(34)32-14-13-31(25(32)35)19-8-6-17(26)7-9-19/h2-11,15-16H,1,12-14H2,(H,29,34)(H2,27,28,30,33). The average molecular weight is 490 g/mol. The van der Waals surface area contributed by atoms with E-state index in [1.807, 2.05) is 0 Å². The Balaban J connectivity index is 1.34. The lowest BCUT2D eigenvalue weighted by Crippen LogP contribution is -2.39. The Kier molecular flexibility index (Phi) is 7.39. The highest BCUT2D eigenvalue weighted by molar-refractivity contribution is 6.08. The van der Waals surface area contributed by atoms with Gasteiger partial charge in [0.1, 0.15) is 23.1 Å². The third-order valence-electron chi connectivity index (χ3n) is 5.10. The third-order valence-corrected chi connectivity index (χ3v) is 5.10. The van der Waals surface area contributed by atoms with Gasteiger partial charge in [0.25, 0.3) is 0 Å². The molecule has 3 N–H and O–H groups in total. The highest BCUT2D eigenvalue weighted by atomic mass is 19.1. The van der Waals surface area contributed by atoms with Crippen LogP contribution in [0.25, 0.3) is 0 Å². The lowest BCUT2D eigenvalue weighted by molar-refractivity contribution is 0.209. The van der Waals surface area contributed by atoms with Crippen LogP contribution in [0.15, 0.2) is 79.5 Å². The van der Waals surface area contributed by atoms with Crippen molar-refractivity contribution in [2.45, 2.75) is 0 Å². The van der Waals surface area contributed by atoms with Gasteiger partial charge in [0.05, 0.1) is 12.7 Å². The van der Waals surface area contributed by atoms with Crippen molar-refractivity contribution in [1.29, 1.82) is 0 Å². The average Bonchev–Trinajstić information content (AvgIpc) is 3.26. The van der Waals surface area contributed by atoms with E-state index in [-0.39, 0.29) is 6.54 Å². The molecule has 36 heavy (non-hydrogen) atoms. The van der Waals surface area contributed by atoms with Gasteiger partial charge in [-0.3, -0.25) is 10.2 Å². The van der Waals surface area contributed by atoms with Crippen molar-refractivity contribution >= 4 is 35.3 Å². The van der Waals surface area contributed by atoms with Crippen LogP contribution in [0, 0.1) is 5.82 Å². The van der Waals surface area contributed by atoms with Gasteiger partial charge in [-0.05, 0) is 48.5 Å². The molecule has 2 heterocycles. The van der Waals surface area contributed by atoms with Crippen LogP contribution in [0.5, 0.6) is 11.5 Å². The first-order valence-corrected chi connectivity index (χ1v) is 11.0. The molecule has 0 spiro atoms. The number of pyridine rings is 1. The summed E-state index contributed by atoms with van der Waals surface area (Å²) in [7, 11) is 0. The van der Waals surface area contributed by atoms with Crippen LogP contribution in [-0.2, 0) is 0 Å². The lowest BCUT2D eigenvalue weighted by atomic mass is 10.3. The van der Waals surface area contributed by atoms with Crippen molar-refractivity contribution in [3.63, 3.8) is 0 Å². The fourth-order valence-corrected chi connectivity index (χ4v) is 3.39. The fraction of sp³-hybridized carbons (Fsp3) is 0.120. The van der Waals surface area contributed by atoms with E-state index in [9.17, 15) is 18.8 Å². The van der Waals surface area contributed by atoms with Crippen LogP contribution in [0.4, 0.5) is 36.0 Å². The molecule has 0 saturated carbocycles. The van der Waals surface area contributed by atoms with E-state index >= 15 is 0 Å². The van der Waals surface area contributed by atoms with Crippen molar-refractivity contribution in [1.82, 2.24) is 15.2 Å². The molecule has 6 amide bonds. The van der Waals surface area contributed by atoms with Crippen LogP contribution in [-0.4, -0.2) is 47.6 Å². The van der Waals surface area contributed by atoms with Gasteiger partial charge < -0.3 is 15.4 Å². The summed E-state index contributed by atoms with van der Waals surface area (Å²) in [5.74, 6) is 0.784. The minimum Gasteiger partial charge on any atom is -0.456 e. The molecule has 11 heteroatoms. The molecule has 2 aromatic carbocycles. The normalized spacial score (nSPS) is 12.8. The molecular formula is C25H23FN6O4. The summed E-state index contributed by atoms with van der Waals surface area (Å²) in [5.41, 5.74) is 0.940. The number of halogens is 1. The number of hydrogen-bond acceptors (Lipinski definition) is 5. The SMILES string of the molecule is C=CCNC(=O)Nc1ccc(Oc2cccc(NC(=O)N3CCN(c4ccc(F)cc4)C3=O)c2)cn1. The number of rotatable bonds is 7. The number of anilines is 3. The van der Waals surface area contributed by atoms with E-state index < -0.39 is 23.9 Å². The van der Waals surface area contributed by atoms with Gasteiger partial charge in [0, 0.05) is 30.5 Å². The lowest BCUT2D eigenvalue weighted by Gasteiger charge is -2.18. The molecule has 4 rings (SSSR count). The zero-order valence-corrected chi connectivity index (χ0v) is 19.1. The molecule has 1 aliphatic rings. The fourth-order valence-electron chi connectivity index (χ4n) is 3.39. The number of nitrogens with zero attached hydrogens (tertiary/aromatic N) is 3. The maximum atomic E-state index is 13.2. The summed E-state index contributed by atoms with van der Waals surface area (Å²) in [6.45, 7) is 4.35. The van der Waals surface area contributed by atoms with Crippen LogP contribution in [0.1, 0.15) is 0 Å². The van der Waals surface area contributed by atoms with E-state index in [2.05, 4.69) is 27.5 Å². The Morgan fingerprint density at radius 2 is 1.86 bits per heavy atom. The first-order valence-electron chi connectivity index (χ1n) is 11.0. The molecule has 1 aromatic heterocycles. The summed E-state index contributed by atoms with van der Waals surface area (Å²) in [6, 6.07) is 13.9. The zero-order valence-electron chi connectivity index (χ0n) is 19.1. The summed E-state index contributed by atoms with van der Waals surface area (Å²) < 4.78 is 19.0. The van der Waals surface area contributed by atoms with Crippen LogP contribution >= 0.6 is 0 Å². The number of aromatic nitrogens is 1. The van der Waals surface area contributed by atoms with Crippen molar-refractivity contribution in [3.8, 4) is 11.5 Å². The molecule has 0 radical (unpaired) electrons. The minimum absolute atomic E-state index is 0.190. The number of nitrogens with one attached hydrogen (secondary N) is 3. The maximum Gasteiger partial charge on any atom is 0.332 e. The molecular weight excluding hydrogens is 467 g/mol. The van der Waals surface area contributed by atoms with E-state index in [1.165, 1.54) is 35.4 Å². The number of imide groups is 1. The van der Waals surface area contributed by atoms with E-state index in [1.54, 1.807) is 42.5 Å². The predicted molar refractivity (Wildman–Crippen MR) is 133 cm³/mol. The van der Waals surface area contributed by atoms with Gasteiger partial charge in [0.15, 0.2) is 0 Å². The molecule has 0 aliphatic carbocycles. The van der Waals surface area contributed by atoms with Crippen molar-refractivity contribution in [2.75, 3.05) is 35.2 Å². The molecule has 10 nitrogen and oxygen atoms in total.